The molecule has 1 aliphatic heterocycles. The number of nitrogens with zero attached hydrogens (tertiary/aromatic N) is 1. The first-order valence-corrected chi connectivity index (χ1v) is 10.9. The molecule has 2 unspecified atom stereocenters. The van der Waals surface area contributed by atoms with Crippen molar-refractivity contribution in [3.63, 3.8) is 0 Å². The van der Waals surface area contributed by atoms with Crippen molar-refractivity contribution in [3.05, 3.63) is 53.6 Å². The zero-order chi connectivity index (χ0) is 23.1. The number of piperidine rings is 1. The number of carbonyl (C=O) groups is 2. The molecular formula is C25H32N2O5. The SMILES string of the molecule is COc1cc(C(C)NC(=O)C2CCCN(C(=O)Cc3ccccc3)C2)cc(OC)c1OC. The molecule has 0 spiro atoms. The molecule has 1 saturated heterocycles. The largest absolute Gasteiger partial charge is 0.493 e. The first kappa shape index (κ1) is 23.4. The standard InChI is InChI=1S/C25H32N2O5/c1-17(20-14-21(30-2)24(32-4)22(15-20)31-3)26-25(29)19-11-8-12-27(16-19)23(28)13-18-9-6-5-7-10-18/h5-7,9-10,14-15,17,19H,8,11-13,16H2,1-4H3,(H,26,29). The summed E-state index contributed by atoms with van der Waals surface area (Å²) in [6.45, 7) is 3.05. The number of likely N-dealkylation sites (tertiary alicyclic amines) is 1. The third-order valence-corrected chi connectivity index (χ3v) is 5.89. The molecule has 3 rings (SSSR count). The number of benzene rings is 2. The fourth-order valence-electron chi connectivity index (χ4n) is 4.07. The molecule has 2 aromatic rings. The molecular weight excluding hydrogens is 408 g/mol. The van der Waals surface area contributed by atoms with E-state index in [0.717, 1.165) is 24.0 Å². The van der Waals surface area contributed by atoms with E-state index in [1.807, 2.05) is 54.3 Å². The van der Waals surface area contributed by atoms with Crippen LogP contribution < -0.4 is 19.5 Å². The van der Waals surface area contributed by atoms with Crippen molar-refractivity contribution in [1.82, 2.24) is 10.2 Å². The average molecular weight is 441 g/mol. The summed E-state index contributed by atoms with van der Waals surface area (Å²) >= 11 is 0. The van der Waals surface area contributed by atoms with Gasteiger partial charge in [-0.15, -0.1) is 0 Å². The fourth-order valence-corrected chi connectivity index (χ4v) is 4.07. The van der Waals surface area contributed by atoms with Crippen LogP contribution in [0.2, 0.25) is 0 Å². The minimum absolute atomic E-state index is 0.0523. The van der Waals surface area contributed by atoms with Crippen LogP contribution in [0.5, 0.6) is 17.2 Å². The molecule has 7 heteroatoms. The number of ether oxygens (including phenoxy) is 3. The molecule has 0 radical (unpaired) electrons. The van der Waals surface area contributed by atoms with Crippen molar-refractivity contribution in [2.45, 2.75) is 32.2 Å². The second kappa shape index (κ2) is 10.9. The highest BCUT2D eigenvalue weighted by Crippen LogP contribution is 2.39. The number of carbonyl (C=O) groups excluding carboxylic acids is 2. The summed E-state index contributed by atoms with van der Waals surface area (Å²) in [5.41, 5.74) is 1.83. The molecule has 0 aliphatic carbocycles. The number of nitrogens with one attached hydrogen (secondary N) is 1. The van der Waals surface area contributed by atoms with Crippen molar-refractivity contribution >= 4 is 11.8 Å². The smallest absolute Gasteiger partial charge is 0.227 e. The van der Waals surface area contributed by atoms with Crippen LogP contribution in [0.15, 0.2) is 42.5 Å². The van der Waals surface area contributed by atoms with Crippen LogP contribution in [0.3, 0.4) is 0 Å². The Bertz CT molecular complexity index is 906. The Balaban J connectivity index is 1.64. The molecule has 2 atom stereocenters. The maximum atomic E-state index is 13.0. The molecule has 172 valence electrons. The van der Waals surface area contributed by atoms with Gasteiger partial charge >= 0.3 is 0 Å². The highest BCUT2D eigenvalue weighted by molar-refractivity contribution is 5.82. The molecule has 1 N–H and O–H groups in total. The van der Waals surface area contributed by atoms with Crippen LogP contribution >= 0.6 is 0 Å². The van der Waals surface area contributed by atoms with Gasteiger partial charge in [0.05, 0.1) is 39.7 Å². The molecule has 0 saturated carbocycles. The van der Waals surface area contributed by atoms with Crippen molar-refractivity contribution in [1.29, 1.82) is 0 Å². The molecule has 32 heavy (non-hydrogen) atoms. The molecule has 1 heterocycles. The third kappa shape index (κ3) is 5.52. The lowest BCUT2D eigenvalue weighted by molar-refractivity contribution is -0.135. The Hall–Kier alpha value is -3.22. The fraction of sp³-hybridized carbons (Fsp3) is 0.440. The van der Waals surface area contributed by atoms with Crippen molar-refractivity contribution in [3.8, 4) is 17.2 Å². The molecule has 2 amide bonds. The molecule has 7 nitrogen and oxygen atoms in total. The Morgan fingerprint density at radius 3 is 2.31 bits per heavy atom. The first-order chi connectivity index (χ1) is 15.5. The highest BCUT2D eigenvalue weighted by Gasteiger charge is 2.29. The summed E-state index contributed by atoms with van der Waals surface area (Å²) in [6, 6.07) is 13.1. The topological polar surface area (TPSA) is 77.1 Å². The van der Waals surface area contributed by atoms with E-state index in [1.54, 1.807) is 21.3 Å². The van der Waals surface area contributed by atoms with E-state index in [0.29, 0.717) is 36.8 Å². The lowest BCUT2D eigenvalue weighted by Crippen LogP contribution is -2.46. The van der Waals surface area contributed by atoms with E-state index in [-0.39, 0.29) is 23.8 Å². The Kier molecular flexibility index (Phi) is 7.98. The normalized spacial score (nSPS) is 16.8. The van der Waals surface area contributed by atoms with Gasteiger partial charge in [-0.2, -0.15) is 0 Å². The predicted octanol–water partition coefficient (Wildman–Crippen LogP) is 3.37. The summed E-state index contributed by atoms with van der Waals surface area (Å²) in [4.78, 5) is 27.5. The number of hydrogen-bond acceptors (Lipinski definition) is 5. The van der Waals surface area contributed by atoms with Gasteiger partial charge in [0.2, 0.25) is 17.6 Å². The van der Waals surface area contributed by atoms with Gasteiger partial charge < -0.3 is 24.4 Å². The molecule has 1 aliphatic rings. The van der Waals surface area contributed by atoms with Gasteiger partial charge in [0.15, 0.2) is 11.5 Å². The minimum atomic E-state index is -0.258. The number of amides is 2. The van der Waals surface area contributed by atoms with Crippen molar-refractivity contribution in [2.24, 2.45) is 5.92 Å². The summed E-state index contributed by atoms with van der Waals surface area (Å²) in [6.07, 6.45) is 1.94. The highest BCUT2D eigenvalue weighted by atomic mass is 16.5. The van der Waals surface area contributed by atoms with Crippen LogP contribution in [0.1, 0.15) is 36.9 Å². The Labute approximate surface area is 189 Å². The second-order valence-corrected chi connectivity index (χ2v) is 8.03. The summed E-state index contributed by atoms with van der Waals surface area (Å²) in [7, 11) is 4.68. The van der Waals surface area contributed by atoms with Crippen LogP contribution in [-0.2, 0) is 16.0 Å². The van der Waals surface area contributed by atoms with Gasteiger partial charge in [0, 0.05) is 13.1 Å². The van der Waals surface area contributed by atoms with E-state index in [1.165, 1.54) is 0 Å². The number of hydrogen-bond donors (Lipinski definition) is 1. The summed E-state index contributed by atoms with van der Waals surface area (Å²) in [5.74, 6) is 1.37. The second-order valence-electron chi connectivity index (χ2n) is 8.03. The van der Waals surface area contributed by atoms with E-state index >= 15 is 0 Å². The van der Waals surface area contributed by atoms with Gasteiger partial charge in [0.1, 0.15) is 0 Å². The van der Waals surface area contributed by atoms with Crippen LogP contribution in [0, 0.1) is 5.92 Å². The monoisotopic (exact) mass is 440 g/mol. The first-order valence-electron chi connectivity index (χ1n) is 10.9. The van der Waals surface area contributed by atoms with Gasteiger partial charge in [-0.1, -0.05) is 30.3 Å². The quantitative estimate of drug-likeness (QED) is 0.681. The van der Waals surface area contributed by atoms with Gasteiger partial charge in [-0.3, -0.25) is 9.59 Å². The summed E-state index contributed by atoms with van der Waals surface area (Å²) in [5, 5.41) is 3.09. The lowest BCUT2D eigenvalue weighted by atomic mass is 9.95. The molecule has 0 bridgehead atoms. The zero-order valence-corrected chi connectivity index (χ0v) is 19.2. The van der Waals surface area contributed by atoms with Gasteiger partial charge in [0.25, 0.3) is 0 Å². The van der Waals surface area contributed by atoms with E-state index < -0.39 is 0 Å². The van der Waals surface area contributed by atoms with Crippen LogP contribution in [0.4, 0.5) is 0 Å². The number of methoxy groups -OCH3 is 3. The molecule has 0 aromatic heterocycles. The number of rotatable bonds is 8. The average Bonchev–Trinajstić information content (AvgIpc) is 2.83. The minimum Gasteiger partial charge on any atom is -0.493 e. The van der Waals surface area contributed by atoms with Crippen molar-refractivity contribution in [2.75, 3.05) is 34.4 Å². The van der Waals surface area contributed by atoms with Crippen LogP contribution in [-0.4, -0.2) is 51.1 Å². The Morgan fingerprint density at radius 2 is 1.72 bits per heavy atom. The van der Waals surface area contributed by atoms with E-state index in [4.69, 9.17) is 14.2 Å². The van der Waals surface area contributed by atoms with Crippen molar-refractivity contribution < 1.29 is 23.8 Å². The van der Waals surface area contributed by atoms with Gasteiger partial charge in [-0.05, 0) is 43.0 Å². The predicted molar refractivity (Wildman–Crippen MR) is 122 cm³/mol. The molecule has 1 fully saturated rings. The maximum Gasteiger partial charge on any atom is 0.227 e. The third-order valence-electron chi connectivity index (χ3n) is 5.89. The summed E-state index contributed by atoms with van der Waals surface area (Å²) < 4.78 is 16.2. The van der Waals surface area contributed by atoms with Gasteiger partial charge in [-0.25, -0.2) is 0 Å². The van der Waals surface area contributed by atoms with E-state index in [9.17, 15) is 9.59 Å². The zero-order valence-electron chi connectivity index (χ0n) is 19.2. The Morgan fingerprint density at radius 1 is 1.06 bits per heavy atom. The molecule has 2 aromatic carbocycles. The van der Waals surface area contributed by atoms with Crippen LogP contribution in [0.25, 0.3) is 0 Å². The maximum absolute atomic E-state index is 13.0. The van der Waals surface area contributed by atoms with E-state index in [2.05, 4.69) is 5.32 Å². The lowest BCUT2D eigenvalue weighted by Gasteiger charge is -2.33.